The van der Waals surface area contributed by atoms with Crippen molar-refractivity contribution in [3.63, 3.8) is 0 Å². The first kappa shape index (κ1) is 9.58. The van der Waals surface area contributed by atoms with E-state index in [1.165, 1.54) is 6.07 Å². The van der Waals surface area contributed by atoms with Gasteiger partial charge in [-0.2, -0.15) is 0 Å². The van der Waals surface area contributed by atoms with Crippen molar-refractivity contribution in [3.05, 3.63) is 35.8 Å². The summed E-state index contributed by atoms with van der Waals surface area (Å²) in [6.07, 6.45) is 4.06. The van der Waals surface area contributed by atoms with Crippen LogP contribution in [0.4, 0.5) is 4.39 Å². The molecule has 0 aliphatic heterocycles. The molecule has 0 saturated heterocycles. The highest BCUT2D eigenvalue weighted by Gasteiger charge is 2.25. The summed E-state index contributed by atoms with van der Waals surface area (Å²) in [6.45, 7) is 0. The highest BCUT2D eigenvalue weighted by Crippen LogP contribution is 2.36. The average Bonchev–Trinajstić information content (AvgIpc) is 2.83. The van der Waals surface area contributed by atoms with Crippen molar-refractivity contribution in [2.75, 3.05) is 0 Å². The van der Waals surface area contributed by atoms with Crippen LogP contribution >= 0.6 is 0 Å². The molecule has 1 fully saturated rings. The van der Waals surface area contributed by atoms with Crippen molar-refractivity contribution in [3.8, 4) is 0 Å². The molecule has 16 heavy (non-hydrogen) atoms. The summed E-state index contributed by atoms with van der Waals surface area (Å²) >= 11 is 0. The van der Waals surface area contributed by atoms with Crippen LogP contribution in [0.15, 0.2) is 24.4 Å². The van der Waals surface area contributed by atoms with Gasteiger partial charge in [-0.25, -0.2) is 4.39 Å². The zero-order valence-corrected chi connectivity index (χ0v) is 8.79. The lowest BCUT2D eigenvalue weighted by Gasteiger charge is -2.05. The summed E-state index contributed by atoms with van der Waals surface area (Å²) in [6, 6.07) is 4.73. The topological polar surface area (TPSA) is 32.9 Å². The smallest absolute Gasteiger partial charge is 0.133 e. The lowest BCUT2D eigenvalue weighted by molar-refractivity contribution is -0.117. The third-order valence-electron chi connectivity index (χ3n) is 3.36. The van der Waals surface area contributed by atoms with Gasteiger partial charge < -0.3 is 4.98 Å². The van der Waals surface area contributed by atoms with Crippen LogP contribution in [0.2, 0.25) is 0 Å². The quantitative estimate of drug-likeness (QED) is 0.782. The van der Waals surface area contributed by atoms with Crippen molar-refractivity contribution in [1.29, 1.82) is 0 Å². The standard InChI is InChI=1S/C13H12FNO/c14-9-2-4-13-11(6-9)12(7-15-13)8-1-3-10(16)5-8/h2,4,6-8,15H,1,3,5H2. The molecule has 3 rings (SSSR count). The molecule has 2 aromatic rings. The van der Waals surface area contributed by atoms with E-state index in [4.69, 9.17) is 0 Å². The number of Topliss-reactive ketones (excluding diaryl/α,β-unsaturated/α-hetero) is 1. The summed E-state index contributed by atoms with van der Waals surface area (Å²) in [5.74, 6) is 0.358. The van der Waals surface area contributed by atoms with E-state index in [0.717, 1.165) is 22.9 Å². The predicted octanol–water partition coefficient (Wildman–Crippen LogP) is 3.14. The lowest BCUT2D eigenvalue weighted by Crippen LogP contribution is -1.92. The second-order valence-corrected chi connectivity index (χ2v) is 4.41. The molecule has 1 aliphatic rings. The van der Waals surface area contributed by atoms with Crippen LogP contribution < -0.4 is 0 Å². The van der Waals surface area contributed by atoms with Gasteiger partial charge in [-0.1, -0.05) is 0 Å². The Morgan fingerprint density at radius 3 is 3.00 bits per heavy atom. The largest absolute Gasteiger partial charge is 0.361 e. The molecule has 1 aromatic heterocycles. The zero-order valence-electron chi connectivity index (χ0n) is 8.79. The molecule has 3 heteroatoms. The number of halogens is 1. The number of hydrogen-bond acceptors (Lipinski definition) is 1. The van der Waals surface area contributed by atoms with Gasteiger partial charge >= 0.3 is 0 Å². The summed E-state index contributed by atoms with van der Waals surface area (Å²) < 4.78 is 13.2. The van der Waals surface area contributed by atoms with Crippen LogP contribution in [0.1, 0.15) is 30.7 Å². The number of nitrogens with one attached hydrogen (secondary N) is 1. The summed E-state index contributed by atoms with van der Waals surface area (Å²) in [4.78, 5) is 14.4. The van der Waals surface area contributed by atoms with Gasteiger partial charge in [0.05, 0.1) is 0 Å². The number of fused-ring (bicyclic) bond motifs is 1. The van der Waals surface area contributed by atoms with Gasteiger partial charge in [0.15, 0.2) is 0 Å². The molecule has 0 spiro atoms. The fourth-order valence-electron chi connectivity index (χ4n) is 2.53. The third-order valence-corrected chi connectivity index (χ3v) is 3.36. The molecule has 0 bridgehead atoms. The van der Waals surface area contributed by atoms with Crippen molar-refractivity contribution >= 4 is 16.7 Å². The van der Waals surface area contributed by atoms with Crippen LogP contribution in [-0.2, 0) is 4.79 Å². The lowest BCUT2D eigenvalue weighted by atomic mass is 9.97. The van der Waals surface area contributed by atoms with E-state index in [-0.39, 0.29) is 11.7 Å². The summed E-state index contributed by atoms with van der Waals surface area (Å²) in [5.41, 5.74) is 2.02. The average molecular weight is 217 g/mol. The minimum absolute atomic E-state index is 0.224. The molecule has 1 heterocycles. The SMILES string of the molecule is O=C1CCC(c2c[nH]c3ccc(F)cc23)C1. The first-order valence-electron chi connectivity index (χ1n) is 5.52. The number of aromatic nitrogens is 1. The molecule has 2 nitrogen and oxygen atoms in total. The molecule has 1 unspecified atom stereocenters. The van der Waals surface area contributed by atoms with Crippen LogP contribution in [0.5, 0.6) is 0 Å². The van der Waals surface area contributed by atoms with Crippen molar-refractivity contribution in [2.45, 2.75) is 25.2 Å². The fourth-order valence-corrected chi connectivity index (χ4v) is 2.53. The maximum atomic E-state index is 13.2. The molecule has 0 radical (unpaired) electrons. The van der Waals surface area contributed by atoms with Gasteiger partial charge in [0, 0.05) is 29.9 Å². The van der Waals surface area contributed by atoms with Gasteiger partial charge in [0.1, 0.15) is 11.6 Å². The molecule has 1 atom stereocenters. The van der Waals surface area contributed by atoms with E-state index in [1.807, 2.05) is 6.20 Å². The Morgan fingerprint density at radius 2 is 2.25 bits per heavy atom. The number of ketones is 1. The monoisotopic (exact) mass is 217 g/mol. The maximum Gasteiger partial charge on any atom is 0.133 e. The van der Waals surface area contributed by atoms with Crippen LogP contribution in [0.25, 0.3) is 10.9 Å². The first-order chi connectivity index (χ1) is 7.74. The Bertz CT molecular complexity index is 558. The number of H-pyrrole nitrogens is 1. The Hall–Kier alpha value is -1.64. The summed E-state index contributed by atoms with van der Waals surface area (Å²) in [5, 5.41) is 0.916. The molecule has 0 amide bonds. The third kappa shape index (κ3) is 1.43. The second-order valence-electron chi connectivity index (χ2n) is 4.41. The van der Waals surface area contributed by atoms with Crippen LogP contribution in [0.3, 0.4) is 0 Å². The van der Waals surface area contributed by atoms with E-state index in [0.29, 0.717) is 18.6 Å². The molecular formula is C13H12FNO. The van der Waals surface area contributed by atoms with Gasteiger partial charge in [-0.3, -0.25) is 4.79 Å². The number of carbonyl (C=O) groups is 1. The Balaban J connectivity index is 2.09. The predicted molar refractivity (Wildman–Crippen MR) is 59.9 cm³/mol. The fraction of sp³-hybridized carbons (Fsp3) is 0.308. The van der Waals surface area contributed by atoms with E-state index in [2.05, 4.69) is 4.98 Å². The number of aromatic amines is 1. The maximum absolute atomic E-state index is 13.2. The second kappa shape index (κ2) is 3.44. The van der Waals surface area contributed by atoms with Crippen LogP contribution in [0, 0.1) is 5.82 Å². The van der Waals surface area contributed by atoms with Crippen molar-refractivity contribution in [1.82, 2.24) is 4.98 Å². The minimum atomic E-state index is -0.224. The minimum Gasteiger partial charge on any atom is -0.361 e. The normalized spacial score (nSPS) is 20.8. The molecule has 82 valence electrons. The molecule has 1 aromatic carbocycles. The van der Waals surface area contributed by atoms with Crippen LogP contribution in [-0.4, -0.2) is 10.8 Å². The van der Waals surface area contributed by atoms with E-state index in [1.54, 1.807) is 12.1 Å². The van der Waals surface area contributed by atoms with Gasteiger partial charge in [-0.15, -0.1) is 0 Å². The van der Waals surface area contributed by atoms with E-state index < -0.39 is 0 Å². The van der Waals surface area contributed by atoms with Gasteiger partial charge in [-0.05, 0) is 36.1 Å². The molecule has 1 aliphatic carbocycles. The first-order valence-corrected chi connectivity index (χ1v) is 5.52. The summed E-state index contributed by atoms with van der Waals surface area (Å²) in [7, 11) is 0. The Morgan fingerprint density at radius 1 is 1.38 bits per heavy atom. The Kier molecular flexibility index (Phi) is 2.06. The zero-order chi connectivity index (χ0) is 11.1. The number of carbonyl (C=O) groups excluding carboxylic acids is 1. The van der Waals surface area contributed by atoms with Gasteiger partial charge in [0.2, 0.25) is 0 Å². The molecule has 1 N–H and O–H groups in total. The highest BCUT2D eigenvalue weighted by molar-refractivity contribution is 5.87. The van der Waals surface area contributed by atoms with Crippen molar-refractivity contribution < 1.29 is 9.18 Å². The molecule has 1 saturated carbocycles. The van der Waals surface area contributed by atoms with Gasteiger partial charge in [0.25, 0.3) is 0 Å². The Labute approximate surface area is 92.5 Å². The van der Waals surface area contributed by atoms with E-state index in [9.17, 15) is 9.18 Å². The number of rotatable bonds is 1. The highest BCUT2D eigenvalue weighted by atomic mass is 19.1. The number of benzene rings is 1. The van der Waals surface area contributed by atoms with Crippen molar-refractivity contribution in [2.24, 2.45) is 0 Å². The van der Waals surface area contributed by atoms with E-state index >= 15 is 0 Å². The number of hydrogen-bond donors (Lipinski definition) is 1. The molecular weight excluding hydrogens is 205 g/mol.